The molecule has 23 heteroatoms. The minimum absolute atomic E-state index is 0.150. The maximum absolute atomic E-state index is 13.3. The van der Waals surface area contributed by atoms with Crippen molar-refractivity contribution >= 4 is 0 Å². The van der Waals surface area contributed by atoms with E-state index in [9.17, 15) is 101 Å². The maximum atomic E-state index is 13.3. The predicted octanol–water partition coefficient (Wildman–Crippen LogP) is 30.0. The molecular weight excluding hydrogens is 1300 g/mol. The largest absolute Gasteiger partial charge is 0.394 e. The molecule has 0 aliphatic heterocycles. The summed E-state index contributed by atoms with van der Waals surface area (Å²) in [6, 6.07) is 0. The lowest BCUT2D eigenvalue weighted by Crippen LogP contribution is -2.58. The van der Waals surface area contributed by atoms with Gasteiger partial charge < -0.3 is 0 Å². The Morgan fingerprint density at radius 1 is 0.358 bits per heavy atom. The Labute approximate surface area is 556 Å². The standard InChI is InChI=1S/C10H17F3.C9H14F4.C9H15F3.C9H18.C8H13F3.C8H16.C7H9F5.C6H7F5.C6H14/c1-3-8-5-4-6-9(2,7-8)10(11,12)13;1-6-4-5-7(2,3)9(12,13)8(6,10)11;1-2-8(9(10,11)12)6-4-3-5-7-8;1-3-9(2)7-5-4-6-8-9;1-2-7(8(9,10)11)5-3-4-6-7;1-3-8(2)6-4-5-7-8;1-5(8)2-3-6(9,10)4-7(5,11)12;1-4(7)2-5(8,9)3-6(4,10)11;1-5-6(2,3)4/h8H,3-7H2,1-2H3;6H,4-5H2,1-3H3;2-7H2,1H3;3-8H2,1-2H3;2-6H2,1H3;3-7H2,1-2H3;2-4H2,1H3;2-3H2,1H3;5H2,1-4H3/t;6-;;;;;;;/m.1......./s1. The third-order valence-electron chi connectivity index (χ3n) is 23.0. The monoisotopic (exact) mass is 1420 g/mol. The molecule has 8 saturated carbocycles. The van der Waals surface area contributed by atoms with Gasteiger partial charge in [0.1, 0.15) is 0 Å². The van der Waals surface area contributed by atoms with Gasteiger partial charge >= 0.3 is 30.4 Å². The van der Waals surface area contributed by atoms with Crippen LogP contribution < -0.4 is 0 Å². The van der Waals surface area contributed by atoms with Crippen molar-refractivity contribution in [1.29, 1.82) is 0 Å². The first-order valence-corrected chi connectivity index (χ1v) is 35.3. The van der Waals surface area contributed by atoms with Gasteiger partial charge in [-0.25, -0.2) is 43.9 Å². The molecule has 0 spiro atoms. The van der Waals surface area contributed by atoms with E-state index in [4.69, 9.17) is 0 Å². The first-order valence-electron chi connectivity index (χ1n) is 35.3. The molecule has 4 unspecified atom stereocenters. The Morgan fingerprint density at radius 2 is 0.705 bits per heavy atom. The van der Waals surface area contributed by atoms with Crippen LogP contribution in [0.4, 0.5) is 101 Å². The number of hydrogen-bond donors (Lipinski definition) is 0. The molecule has 0 bridgehead atoms. The van der Waals surface area contributed by atoms with E-state index >= 15 is 0 Å². The van der Waals surface area contributed by atoms with Gasteiger partial charge in [0.2, 0.25) is 0 Å². The Morgan fingerprint density at radius 3 is 0.947 bits per heavy atom. The van der Waals surface area contributed by atoms with E-state index < -0.39 is 125 Å². The summed E-state index contributed by atoms with van der Waals surface area (Å²) in [4.78, 5) is 0. The zero-order valence-electron chi connectivity index (χ0n) is 60.6. The smallest absolute Gasteiger partial charge is 0.238 e. The highest BCUT2D eigenvalue weighted by Gasteiger charge is 2.69. The Kier molecular flexibility index (Phi) is 34.9. The van der Waals surface area contributed by atoms with Crippen molar-refractivity contribution in [2.45, 2.75) is 408 Å². The fourth-order valence-corrected chi connectivity index (χ4v) is 13.6. The molecule has 0 radical (unpaired) electrons. The molecule has 95 heavy (non-hydrogen) atoms. The van der Waals surface area contributed by atoms with Crippen LogP contribution in [0.2, 0.25) is 0 Å². The summed E-state index contributed by atoms with van der Waals surface area (Å²) >= 11 is 0. The lowest BCUT2D eigenvalue weighted by Gasteiger charge is -2.46. The van der Waals surface area contributed by atoms with E-state index in [1.807, 2.05) is 6.92 Å². The normalized spacial score (nSPS) is 30.8. The van der Waals surface area contributed by atoms with Gasteiger partial charge in [-0.3, -0.25) is 0 Å². The van der Waals surface area contributed by atoms with E-state index in [2.05, 4.69) is 55.4 Å². The van der Waals surface area contributed by atoms with Gasteiger partial charge in [0.15, 0.2) is 11.3 Å². The third-order valence-corrected chi connectivity index (χ3v) is 23.0. The molecule has 8 fully saturated rings. The average molecular weight is 1430 g/mol. The van der Waals surface area contributed by atoms with Crippen molar-refractivity contribution in [2.75, 3.05) is 0 Å². The molecule has 0 heterocycles. The molecular formula is C72H123F23. The van der Waals surface area contributed by atoms with Crippen molar-refractivity contribution in [3.63, 3.8) is 0 Å². The van der Waals surface area contributed by atoms with E-state index in [0.717, 1.165) is 62.2 Å². The Balaban J connectivity index is 0.00000105. The summed E-state index contributed by atoms with van der Waals surface area (Å²) in [6.07, 6.45) is 8.38. The van der Waals surface area contributed by atoms with Crippen LogP contribution in [0, 0.1) is 49.7 Å². The fraction of sp³-hybridized carbons (Fsp3) is 1.00. The highest BCUT2D eigenvalue weighted by atomic mass is 19.4. The van der Waals surface area contributed by atoms with Crippen molar-refractivity contribution in [2.24, 2.45) is 49.7 Å². The number of rotatable bonds is 5. The van der Waals surface area contributed by atoms with Crippen LogP contribution >= 0.6 is 0 Å². The van der Waals surface area contributed by atoms with Gasteiger partial charge in [0.05, 0.1) is 35.5 Å². The summed E-state index contributed by atoms with van der Waals surface area (Å²) in [5.41, 5.74) is -9.52. The number of hydrogen-bond acceptors (Lipinski definition) is 0. The second-order valence-corrected chi connectivity index (χ2v) is 32.5. The van der Waals surface area contributed by atoms with E-state index in [-0.39, 0.29) is 31.6 Å². The molecule has 0 nitrogen and oxygen atoms in total. The van der Waals surface area contributed by atoms with Gasteiger partial charge in [-0.1, -0.05) is 207 Å². The first kappa shape index (κ1) is 93.4. The van der Waals surface area contributed by atoms with Crippen molar-refractivity contribution < 1.29 is 101 Å². The van der Waals surface area contributed by atoms with Crippen LogP contribution in [0.15, 0.2) is 0 Å². The molecule has 0 aromatic rings. The van der Waals surface area contributed by atoms with Crippen LogP contribution in [-0.2, 0) is 0 Å². The quantitative estimate of drug-likeness (QED) is 0.241. The molecule has 0 amide bonds. The Bertz CT molecular complexity index is 2100. The summed E-state index contributed by atoms with van der Waals surface area (Å²) in [7, 11) is 0. The molecule has 572 valence electrons. The second-order valence-electron chi connectivity index (χ2n) is 32.5. The molecule has 8 aliphatic rings. The van der Waals surface area contributed by atoms with Crippen LogP contribution in [0.3, 0.4) is 0 Å². The topological polar surface area (TPSA) is 0 Å². The van der Waals surface area contributed by atoms with Gasteiger partial charge in [-0.2, -0.15) is 57.1 Å². The molecule has 5 atom stereocenters. The van der Waals surface area contributed by atoms with Gasteiger partial charge in [-0.15, -0.1) is 0 Å². The Hall–Kier alpha value is -1.61. The number of halogens is 23. The highest BCUT2D eigenvalue weighted by Crippen LogP contribution is 2.59. The van der Waals surface area contributed by atoms with Gasteiger partial charge in [-0.05, 0) is 132 Å². The second kappa shape index (κ2) is 35.5. The lowest BCUT2D eigenvalue weighted by molar-refractivity contribution is -0.301. The summed E-state index contributed by atoms with van der Waals surface area (Å²) < 4.78 is 290. The third kappa shape index (κ3) is 27.6. The van der Waals surface area contributed by atoms with Crippen LogP contribution in [0.5, 0.6) is 0 Å². The number of alkyl halides is 23. The van der Waals surface area contributed by atoms with Crippen LogP contribution in [0.25, 0.3) is 0 Å². The minimum Gasteiger partial charge on any atom is -0.238 e. The molecule has 8 rings (SSSR count). The van der Waals surface area contributed by atoms with Crippen molar-refractivity contribution in [3.8, 4) is 0 Å². The van der Waals surface area contributed by atoms with E-state index in [0.29, 0.717) is 57.8 Å². The van der Waals surface area contributed by atoms with Gasteiger partial charge in [0.25, 0.3) is 23.7 Å². The molecule has 0 N–H and O–H groups in total. The van der Waals surface area contributed by atoms with Crippen LogP contribution in [-0.4, -0.2) is 65.4 Å². The summed E-state index contributed by atoms with van der Waals surface area (Å²) in [5.74, 6) is -23.5. The maximum Gasteiger partial charge on any atom is 0.394 e. The SMILES string of the molecule is CC1(F)CC(F)(F)CC1(F)F.CC1(F)CCC(F)(F)CC1(F)F.CCC(C)(C)C.CCC1(C(F)(F)F)CCCC1.CCC1(C(F)(F)F)CCCCC1.CCC1(C)CCCC1.CCC1(C)CCCCC1.CCC1CCCC(C)(C(F)(F)F)C1.C[C@@H]1CCC(C)(C)C(F)(F)C1(F)F. The summed E-state index contributed by atoms with van der Waals surface area (Å²) in [6.45, 7) is 29.8. The van der Waals surface area contributed by atoms with Gasteiger partial charge in [0, 0.05) is 17.8 Å². The average Bonchev–Trinajstić information content (AvgIpc) is 1.75. The van der Waals surface area contributed by atoms with E-state index in [1.54, 1.807) is 13.8 Å². The highest BCUT2D eigenvalue weighted by molar-refractivity contribution is 5.05. The van der Waals surface area contributed by atoms with E-state index in [1.165, 1.54) is 105 Å². The lowest BCUT2D eigenvalue weighted by atomic mass is 9.68. The molecule has 0 aromatic heterocycles. The van der Waals surface area contributed by atoms with Crippen LogP contribution in [0.1, 0.15) is 342 Å². The zero-order valence-corrected chi connectivity index (χ0v) is 60.6. The zero-order chi connectivity index (χ0) is 74.9. The molecule has 0 saturated heterocycles. The summed E-state index contributed by atoms with van der Waals surface area (Å²) in [5, 5.41) is 0. The predicted molar refractivity (Wildman–Crippen MR) is 338 cm³/mol. The van der Waals surface area contributed by atoms with Crippen molar-refractivity contribution in [3.05, 3.63) is 0 Å². The minimum atomic E-state index is -4.01. The van der Waals surface area contributed by atoms with Crippen molar-refractivity contribution in [1.82, 2.24) is 0 Å². The molecule has 0 aromatic carbocycles. The molecule has 8 aliphatic carbocycles. The first-order chi connectivity index (χ1) is 42.5. The fourth-order valence-electron chi connectivity index (χ4n) is 13.6.